The zero-order valence-corrected chi connectivity index (χ0v) is 11.2. The number of aryl methyl sites for hydroxylation is 1. The minimum absolute atomic E-state index is 0.00823. The molecular formula is C13H20F2N2S. The van der Waals surface area contributed by atoms with Gasteiger partial charge in [0.15, 0.2) is 0 Å². The molecule has 1 aromatic heterocycles. The highest BCUT2D eigenvalue weighted by molar-refractivity contribution is 7.07. The molecule has 1 aliphatic carbocycles. The lowest BCUT2D eigenvalue weighted by Gasteiger charge is -2.33. The van der Waals surface area contributed by atoms with E-state index in [0.717, 1.165) is 12.8 Å². The number of nitrogens with two attached hydrogens (primary N) is 1. The Labute approximate surface area is 111 Å². The maximum absolute atomic E-state index is 13.1. The summed E-state index contributed by atoms with van der Waals surface area (Å²) < 4.78 is 26.2. The summed E-state index contributed by atoms with van der Waals surface area (Å²) in [6.07, 6.45) is 3.05. The van der Waals surface area contributed by atoms with Gasteiger partial charge in [-0.15, -0.1) is 0 Å². The van der Waals surface area contributed by atoms with E-state index in [4.69, 9.17) is 5.84 Å². The molecule has 0 aliphatic heterocycles. The van der Waals surface area contributed by atoms with E-state index < -0.39 is 5.92 Å². The van der Waals surface area contributed by atoms with Crippen molar-refractivity contribution in [2.45, 2.75) is 50.5 Å². The molecule has 1 atom stereocenters. The molecule has 0 radical (unpaired) electrons. The Kier molecular flexibility index (Phi) is 4.70. The average molecular weight is 274 g/mol. The molecule has 18 heavy (non-hydrogen) atoms. The molecule has 5 heteroatoms. The number of hydrogen-bond donors (Lipinski definition) is 2. The van der Waals surface area contributed by atoms with Crippen molar-refractivity contribution in [3.05, 3.63) is 22.4 Å². The van der Waals surface area contributed by atoms with Crippen LogP contribution in [0.2, 0.25) is 0 Å². The molecule has 1 aromatic rings. The highest BCUT2D eigenvalue weighted by Gasteiger charge is 2.37. The van der Waals surface area contributed by atoms with E-state index in [1.807, 2.05) is 0 Å². The Morgan fingerprint density at radius 1 is 1.44 bits per heavy atom. The zero-order valence-electron chi connectivity index (χ0n) is 10.4. The minimum Gasteiger partial charge on any atom is -0.271 e. The summed E-state index contributed by atoms with van der Waals surface area (Å²) in [7, 11) is 0. The van der Waals surface area contributed by atoms with E-state index in [0.29, 0.717) is 12.8 Å². The first-order valence-electron chi connectivity index (χ1n) is 6.46. The fourth-order valence-electron chi connectivity index (χ4n) is 2.68. The van der Waals surface area contributed by atoms with Crippen molar-refractivity contribution >= 4 is 11.3 Å². The van der Waals surface area contributed by atoms with E-state index in [2.05, 4.69) is 22.3 Å². The second-order valence-corrected chi connectivity index (χ2v) is 5.92. The molecule has 1 heterocycles. The summed E-state index contributed by atoms with van der Waals surface area (Å²) in [6, 6.07) is 2.26. The Morgan fingerprint density at radius 3 is 2.72 bits per heavy atom. The fourth-order valence-corrected chi connectivity index (χ4v) is 3.38. The molecule has 1 saturated carbocycles. The summed E-state index contributed by atoms with van der Waals surface area (Å²) in [4.78, 5) is 0. The molecule has 0 bridgehead atoms. The normalized spacial score (nSPS) is 21.9. The Hall–Kier alpha value is -0.520. The summed E-state index contributed by atoms with van der Waals surface area (Å²) in [5.41, 5.74) is 4.13. The highest BCUT2D eigenvalue weighted by Crippen LogP contribution is 2.38. The fraction of sp³-hybridized carbons (Fsp3) is 0.692. The van der Waals surface area contributed by atoms with Gasteiger partial charge in [0.1, 0.15) is 0 Å². The molecule has 1 unspecified atom stereocenters. The van der Waals surface area contributed by atoms with Gasteiger partial charge in [0.2, 0.25) is 5.92 Å². The highest BCUT2D eigenvalue weighted by atomic mass is 32.1. The predicted molar refractivity (Wildman–Crippen MR) is 70.7 cm³/mol. The molecule has 0 amide bonds. The molecule has 102 valence electrons. The van der Waals surface area contributed by atoms with Crippen LogP contribution in [0.3, 0.4) is 0 Å². The van der Waals surface area contributed by atoms with Crippen molar-refractivity contribution < 1.29 is 8.78 Å². The number of nitrogens with one attached hydrogen (secondary N) is 1. The predicted octanol–water partition coefficient (Wildman–Crippen LogP) is 3.34. The van der Waals surface area contributed by atoms with Crippen LogP contribution in [0.1, 0.15) is 37.7 Å². The Bertz CT molecular complexity index is 344. The average Bonchev–Trinajstić information content (AvgIpc) is 2.84. The zero-order chi connectivity index (χ0) is 13.0. The van der Waals surface area contributed by atoms with Crippen LogP contribution in [0, 0.1) is 5.92 Å². The molecule has 2 rings (SSSR count). The lowest BCUT2D eigenvalue weighted by Crippen LogP contribution is -2.43. The van der Waals surface area contributed by atoms with E-state index >= 15 is 0 Å². The third kappa shape index (κ3) is 3.73. The van der Waals surface area contributed by atoms with Crippen LogP contribution < -0.4 is 11.3 Å². The largest absolute Gasteiger partial charge is 0.271 e. The number of hydrogen-bond acceptors (Lipinski definition) is 3. The van der Waals surface area contributed by atoms with Crippen molar-refractivity contribution in [3.63, 3.8) is 0 Å². The molecule has 2 nitrogen and oxygen atoms in total. The first-order valence-corrected chi connectivity index (χ1v) is 7.40. The first-order chi connectivity index (χ1) is 8.61. The van der Waals surface area contributed by atoms with Crippen molar-refractivity contribution in [2.75, 3.05) is 0 Å². The van der Waals surface area contributed by atoms with Gasteiger partial charge < -0.3 is 0 Å². The lowest BCUT2D eigenvalue weighted by atomic mass is 9.80. The van der Waals surface area contributed by atoms with E-state index in [-0.39, 0.29) is 24.8 Å². The standard InChI is InChI=1S/C13H20F2N2S/c14-13(15)6-3-11(4-7-13)12(17-16)2-1-10-5-8-18-9-10/h5,8-9,11-12,17H,1-4,6-7,16H2. The van der Waals surface area contributed by atoms with Gasteiger partial charge in [-0.1, -0.05) is 0 Å². The third-order valence-corrected chi connectivity index (χ3v) is 4.60. The first kappa shape index (κ1) is 13.9. The van der Waals surface area contributed by atoms with Crippen LogP contribution in [-0.2, 0) is 6.42 Å². The van der Waals surface area contributed by atoms with E-state index in [1.165, 1.54) is 5.56 Å². The molecule has 0 spiro atoms. The van der Waals surface area contributed by atoms with Crippen LogP contribution in [0.25, 0.3) is 0 Å². The summed E-state index contributed by atoms with van der Waals surface area (Å²) in [6.45, 7) is 0. The van der Waals surface area contributed by atoms with Gasteiger partial charge in [-0.05, 0) is 54.0 Å². The van der Waals surface area contributed by atoms with Crippen LogP contribution >= 0.6 is 11.3 Å². The third-order valence-electron chi connectivity index (χ3n) is 3.87. The maximum atomic E-state index is 13.1. The van der Waals surface area contributed by atoms with Gasteiger partial charge in [0.25, 0.3) is 0 Å². The number of rotatable bonds is 5. The van der Waals surface area contributed by atoms with Crippen molar-refractivity contribution in [3.8, 4) is 0 Å². The van der Waals surface area contributed by atoms with Gasteiger partial charge in [0, 0.05) is 18.9 Å². The molecule has 1 aliphatic rings. The monoisotopic (exact) mass is 274 g/mol. The lowest BCUT2D eigenvalue weighted by molar-refractivity contribution is -0.0498. The molecule has 0 saturated heterocycles. The maximum Gasteiger partial charge on any atom is 0.248 e. The SMILES string of the molecule is NNC(CCc1ccsc1)C1CCC(F)(F)CC1. The molecule has 0 aromatic carbocycles. The number of alkyl halides is 2. The molecular weight excluding hydrogens is 254 g/mol. The molecule has 1 fully saturated rings. The van der Waals surface area contributed by atoms with Crippen molar-refractivity contribution in [1.82, 2.24) is 5.43 Å². The Balaban J connectivity index is 1.82. The topological polar surface area (TPSA) is 38.0 Å². The van der Waals surface area contributed by atoms with Crippen LogP contribution in [0.5, 0.6) is 0 Å². The molecule has 3 N–H and O–H groups in total. The van der Waals surface area contributed by atoms with Gasteiger partial charge in [0.05, 0.1) is 0 Å². The smallest absolute Gasteiger partial charge is 0.248 e. The van der Waals surface area contributed by atoms with Crippen LogP contribution in [0.15, 0.2) is 16.8 Å². The second kappa shape index (κ2) is 6.08. The van der Waals surface area contributed by atoms with Crippen LogP contribution in [0.4, 0.5) is 8.78 Å². The quantitative estimate of drug-likeness (QED) is 0.638. The van der Waals surface area contributed by atoms with Gasteiger partial charge in [-0.2, -0.15) is 11.3 Å². The van der Waals surface area contributed by atoms with Crippen molar-refractivity contribution in [2.24, 2.45) is 11.8 Å². The van der Waals surface area contributed by atoms with Crippen molar-refractivity contribution in [1.29, 1.82) is 0 Å². The summed E-state index contributed by atoms with van der Waals surface area (Å²) >= 11 is 1.68. The Morgan fingerprint density at radius 2 is 2.17 bits per heavy atom. The number of hydrazine groups is 1. The number of halogens is 2. The van der Waals surface area contributed by atoms with Gasteiger partial charge in [-0.25, -0.2) is 8.78 Å². The van der Waals surface area contributed by atoms with E-state index in [9.17, 15) is 8.78 Å². The number of thiophene rings is 1. The van der Waals surface area contributed by atoms with E-state index in [1.54, 1.807) is 11.3 Å². The summed E-state index contributed by atoms with van der Waals surface area (Å²) in [5.74, 6) is 3.41. The second-order valence-electron chi connectivity index (χ2n) is 5.14. The minimum atomic E-state index is -2.46. The van der Waals surface area contributed by atoms with Gasteiger partial charge in [-0.3, -0.25) is 11.3 Å². The van der Waals surface area contributed by atoms with Crippen LogP contribution in [-0.4, -0.2) is 12.0 Å². The summed E-state index contributed by atoms with van der Waals surface area (Å²) in [5, 5.41) is 4.18. The van der Waals surface area contributed by atoms with Gasteiger partial charge >= 0.3 is 0 Å².